The van der Waals surface area contributed by atoms with Crippen LogP contribution in [0.15, 0.2) is 54.7 Å². The predicted octanol–water partition coefficient (Wildman–Crippen LogP) is 3.50. The lowest BCUT2D eigenvalue weighted by molar-refractivity contribution is 0.0886. The minimum atomic E-state index is -0.651. The molecule has 3 aromatic rings. The highest BCUT2D eigenvalue weighted by Gasteiger charge is 2.09. The molecule has 3 rings (SSSR count). The van der Waals surface area contributed by atoms with Crippen molar-refractivity contribution in [3.05, 3.63) is 65.9 Å². The van der Waals surface area contributed by atoms with Gasteiger partial charge in [0.05, 0.1) is 18.2 Å². The summed E-state index contributed by atoms with van der Waals surface area (Å²) in [5, 5.41) is 19.6. The molecule has 1 heterocycles. The zero-order chi connectivity index (χ0) is 16.2. The molecule has 23 heavy (non-hydrogen) atoms. The predicted molar refractivity (Wildman–Crippen MR) is 93.3 cm³/mol. The summed E-state index contributed by atoms with van der Waals surface area (Å²) >= 11 is 0. The first-order valence-electron chi connectivity index (χ1n) is 7.91. The number of fused-ring (bicyclic) bond motifs is 1. The third-order valence-electron chi connectivity index (χ3n) is 4.16. The van der Waals surface area contributed by atoms with Gasteiger partial charge in [-0.25, -0.2) is 0 Å². The molecule has 0 bridgehead atoms. The normalized spacial score (nSPS) is 12.5. The summed E-state index contributed by atoms with van der Waals surface area (Å²) in [7, 11) is 0. The SMILES string of the molecule is Cc1cnc2ccccc2c1-c1cccc(CCC(O)CO)c1. The van der Waals surface area contributed by atoms with Crippen molar-refractivity contribution in [3.63, 3.8) is 0 Å². The standard InChI is InChI=1S/C20H21NO2/c1-14-12-21-19-8-3-2-7-18(19)20(14)16-6-4-5-15(11-16)9-10-17(23)13-22/h2-8,11-12,17,22-23H,9-10,13H2,1H3. The molecule has 0 saturated carbocycles. The zero-order valence-electron chi connectivity index (χ0n) is 13.2. The quantitative estimate of drug-likeness (QED) is 0.758. The number of aryl methyl sites for hydroxylation is 2. The minimum absolute atomic E-state index is 0.187. The van der Waals surface area contributed by atoms with Gasteiger partial charge in [0.25, 0.3) is 0 Å². The van der Waals surface area contributed by atoms with Crippen LogP contribution in [0, 0.1) is 6.92 Å². The first-order chi connectivity index (χ1) is 11.2. The number of nitrogens with zero attached hydrogens (tertiary/aromatic N) is 1. The minimum Gasteiger partial charge on any atom is -0.394 e. The van der Waals surface area contributed by atoms with Crippen LogP contribution < -0.4 is 0 Å². The number of hydrogen-bond donors (Lipinski definition) is 2. The maximum Gasteiger partial charge on any atom is 0.0774 e. The Kier molecular flexibility index (Phi) is 4.70. The maximum absolute atomic E-state index is 9.53. The molecule has 2 aromatic carbocycles. The van der Waals surface area contributed by atoms with Gasteiger partial charge in [0, 0.05) is 11.6 Å². The molecule has 0 aliphatic heterocycles. The van der Waals surface area contributed by atoms with E-state index in [4.69, 9.17) is 5.11 Å². The van der Waals surface area contributed by atoms with E-state index in [9.17, 15) is 5.11 Å². The molecule has 1 aromatic heterocycles. The van der Waals surface area contributed by atoms with Crippen molar-refractivity contribution in [1.82, 2.24) is 4.98 Å². The maximum atomic E-state index is 9.53. The lowest BCUT2D eigenvalue weighted by Crippen LogP contribution is -2.12. The number of aliphatic hydroxyl groups is 2. The van der Waals surface area contributed by atoms with Gasteiger partial charge in [-0.15, -0.1) is 0 Å². The summed E-state index contributed by atoms with van der Waals surface area (Å²) in [6.45, 7) is 1.89. The van der Waals surface area contributed by atoms with Crippen LogP contribution in [0.4, 0.5) is 0 Å². The molecule has 0 spiro atoms. The fraction of sp³-hybridized carbons (Fsp3) is 0.250. The highest BCUT2D eigenvalue weighted by molar-refractivity contribution is 5.95. The molecule has 3 nitrogen and oxygen atoms in total. The smallest absolute Gasteiger partial charge is 0.0774 e. The number of para-hydroxylation sites is 1. The molecule has 2 N–H and O–H groups in total. The number of aliphatic hydroxyl groups excluding tert-OH is 2. The molecule has 0 radical (unpaired) electrons. The van der Waals surface area contributed by atoms with Crippen molar-refractivity contribution in [3.8, 4) is 11.1 Å². The van der Waals surface area contributed by atoms with Crippen molar-refractivity contribution in [2.45, 2.75) is 25.9 Å². The first kappa shape index (κ1) is 15.7. The average molecular weight is 307 g/mol. The monoisotopic (exact) mass is 307 g/mol. The Labute approximate surface area is 136 Å². The Hall–Kier alpha value is -2.23. The highest BCUT2D eigenvalue weighted by Crippen LogP contribution is 2.31. The van der Waals surface area contributed by atoms with E-state index in [1.54, 1.807) is 0 Å². The number of benzene rings is 2. The summed E-state index contributed by atoms with van der Waals surface area (Å²) in [5.41, 5.74) is 5.68. The first-order valence-corrected chi connectivity index (χ1v) is 7.91. The summed E-state index contributed by atoms with van der Waals surface area (Å²) in [5.74, 6) is 0. The van der Waals surface area contributed by atoms with Crippen molar-refractivity contribution in [2.24, 2.45) is 0 Å². The van der Waals surface area contributed by atoms with Gasteiger partial charge in [0.15, 0.2) is 0 Å². The summed E-state index contributed by atoms with van der Waals surface area (Å²) in [4.78, 5) is 4.50. The van der Waals surface area contributed by atoms with Crippen LogP contribution in [0.5, 0.6) is 0 Å². The Morgan fingerprint density at radius 1 is 1.09 bits per heavy atom. The van der Waals surface area contributed by atoms with Gasteiger partial charge in [0.1, 0.15) is 0 Å². The van der Waals surface area contributed by atoms with Gasteiger partial charge < -0.3 is 10.2 Å². The van der Waals surface area contributed by atoms with Crippen molar-refractivity contribution in [2.75, 3.05) is 6.61 Å². The molecular weight excluding hydrogens is 286 g/mol. The summed E-state index contributed by atoms with van der Waals surface area (Å²) in [6.07, 6.45) is 2.58. The number of rotatable bonds is 5. The van der Waals surface area contributed by atoms with E-state index < -0.39 is 6.10 Å². The molecule has 0 aliphatic carbocycles. The van der Waals surface area contributed by atoms with Gasteiger partial charge in [-0.05, 0) is 48.1 Å². The lowest BCUT2D eigenvalue weighted by atomic mass is 9.95. The summed E-state index contributed by atoms with van der Waals surface area (Å²) in [6, 6.07) is 16.6. The number of aromatic nitrogens is 1. The molecule has 0 aliphatic rings. The van der Waals surface area contributed by atoms with E-state index in [1.807, 2.05) is 30.5 Å². The second-order valence-corrected chi connectivity index (χ2v) is 5.91. The van der Waals surface area contributed by atoms with Crippen LogP contribution in [0.2, 0.25) is 0 Å². The van der Waals surface area contributed by atoms with Gasteiger partial charge in [-0.2, -0.15) is 0 Å². The molecule has 1 atom stereocenters. The van der Waals surface area contributed by atoms with Gasteiger partial charge in [-0.1, -0.05) is 42.5 Å². The fourth-order valence-corrected chi connectivity index (χ4v) is 2.93. The third kappa shape index (κ3) is 3.41. The van der Waals surface area contributed by atoms with Crippen molar-refractivity contribution >= 4 is 10.9 Å². The molecule has 1 unspecified atom stereocenters. The van der Waals surface area contributed by atoms with Crippen LogP contribution in [0.1, 0.15) is 17.5 Å². The Balaban J connectivity index is 2.01. The van der Waals surface area contributed by atoms with Gasteiger partial charge in [-0.3, -0.25) is 4.98 Å². The molecule has 0 fully saturated rings. The zero-order valence-corrected chi connectivity index (χ0v) is 13.2. The van der Waals surface area contributed by atoms with Crippen LogP contribution >= 0.6 is 0 Å². The van der Waals surface area contributed by atoms with Crippen LogP contribution in [0.25, 0.3) is 22.0 Å². The van der Waals surface area contributed by atoms with Crippen LogP contribution in [-0.2, 0) is 6.42 Å². The second-order valence-electron chi connectivity index (χ2n) is 5.91. The van der Waals surface area contributed by atoms with E-state index in [0.29, 0.717) is 6.42 Å². The molecule has 0 amide bonds. The van der Waals surface area contributed by atoms with Crippen molar-refractivity contribution < 1.29 is 10.2 Å². The second kappa shape index (κ2) is 6.90. The molecule has 118 valence electrons. The van der Waals surface area contributed by atoms with Crippen molar-refractivity contribution in [1.29, 1.82) is 0 Å². The van der Waals surface area contributed by atoms with E-state index in [2.05, 4.69) is 36.2 Å². The van der Waals surface area contributed by atoms with Crippen LogP contribution in [-0.4, -0.2) is 27.9 Å². The highest BCUT2D eigenvalue weighted by atomic mass is 16.3. The number of pyridine rings is 1. The molecule has 3 heteroatoms. The number of hydrogen-bond acceptors (Lipinski definition) is 3. The van der Waals surface area contributed by atoms with E-state index >= 15 is 0 Å². The Morgan fingerprint density at radius 3 is 2.74 bits per heavy atom. The molecule has 0 saturated heterocycles. The molecular formula is C20H21NO2. The Morgan fingerprint density at radius 2 is 1.91 bits per heavy atom. The topological polar surface area (TPSA) is 53.4 Å². The lowest BCUT2D eigenvalue weighted by Gasteiger charge is -2.12. The van der Waals surface area contributed by atoms with Crippen LogP contribution in [0.3, 0.4) is 0 Å². The van der Waals surface area contributed by atoms with E-state index in [-0.39, 0.29) is 6.61 Å². The third-order valence-corrected chi connectivity index (χ3v) is 4.16. The largest absolute Gasteiger partial charge is 0.394 e. The van der Waals surface area contributed by atoms with Gasteiger partial charge in [0.2, 0.25) is 0 Å². The van der Waals surface area contributed by atoms with E-state index in [0.717, 1.165) is 34.0 Å². The van der Waals surface area contributed by atoms with E-state index in [1.165, 1.54) is 5.56 Å². The van der Waals surface area contributed by atoms with Gasteiger partial charge >= 0.3 is 0 Å². The Bertz CT molecular complexity index is 814. The average Bonchev–Trinajstić information content (AvgIpc) is 2.59. The fourth-order valence-electron chi connectivity index (χ4n) is 2.93. The summed E-state index contributed by atoms with van der Waals surface area (Å²) < 4.78 is 0.